The summed E-state index contributed by atoms with van der Waals surface area (Å²) in [6, 6.07) is 7.53. The lowest BCUT2D eigenvalue weighted by Gasteiger charge is -2.10. The van der Waals surface area contributed by atoms with Gasteiger partial charge in [0, 0.05) is 11.8 Å². The summed E-state index contributed by atoms with van der Waals surface area (Å²) in [5.41, 5.74) is 1.84. The molecule has 78 valence electrons. The van der Waals surface area contributed by atoms with E-state index in [0.29, 0.717) is 17.4 Å². The second kappa shape index (κ2) is 4.36. The van der Waals surface area contributed by atoms with Gasteiger partial charge >= 0.3 is 0 Å². The van der Waals surface area contributed by atoms with Crippen molar-refractivity contribution in [2.45, 2.75) is 6.92 Å². The minimum atomic E-state index is 0.588. The first-order valence-electron chi connectivity index (χ1n) is 4.74. The van der Waals surface area contributed by atoms with Crippen molar-refractivity contribution in [1.29, 1.82) is 0 Å². The van der Waals surface area contributed by atoms with Gasteiger partial charge in [-0.25, -0.2) is 0 Å². The highest BCUT2D eigenvalue weighted by Gasteiger charge is 2.10. The normalized spacial score (nSPS) is 10.3. The van der Waals surface area contributed by atoms with E-state index >= 15 is 0 Å². The lowest BCUT2D eigenvalue weighted by molar-refractivity contribution is 0.342. The predicted molar refractivity (Wildman–Crippen MR) is 60.2 cm³/mol. The number of aromatic nitrogens is 2. The van der Waals surface area contributed by atoms with Crippen LogP contribution in [0.3, 0.4) is 0 Å². The molecule has 1 aromatic carbocycles. The van der Waals surface area contributed by atoms with Crippen molar-refractivity contribution in [1.82, 2.24) is 10.2 Å². The maximum Gasteiger partial charge on any atom is 0.147 e. The van der Waals surface area contributed by atoms with Gasteiger partial charge in [-0.15, -0.1) is 0 Å². The summed E-state index contributed by atoms with van der Waals surface area (Å²) in [5, 5.41) is 7.41. The van der Waals surface area contributed by atoms with Gasteiger partial charge in [-0.05, 0) is 25.1 Å². The van der Waals surface area contributed by atoms with Crippen LogP contribution < -0.4 is 4.74 Å². The fraction of sp³-hybridized carbons (Fsp3) is 0.182. The van der Waals surface area contributed by atoms with Gasteiger partial charge in [-0.1, -0.05) is 17.7 Å². The van der Waals surface area contributed by atoms with Crippen LogP contribution >= 0.6 is 11.6 Å². The molecule has 0 radical (unpaired) electrons. The second-order valence-corrected chi connectivity index (χ2v) is 3.43. The highest BCUT2D eigenvalue weighted by molar-refractivity contribution is 6.32. The van der Waals surface area contributed by atoms with Gasteiger partial charge < -0.3 is 4.74 Å². The van der Waals surface area contributed by atoms with Crippen LogP contribution in [0.15, 0.2) is 30.5 Å². The van der Waals surface area contributed by atoms with Gasteiger partial charge in [0.1, 0.15) is 5.75 Å². The van der Waals surface area contributed by atoms with E-state index in [4.69, 9.17) is 16.3 Å². The Labute approximate surface area is 93.0 Å². The van der Waals surface area contributed by atoms with Crippen molar-refractivity contribution >= 4 is 11.6 Å². The van der Waals surface area contributed by atoms with Crippen LogP contribution in [-0.4, -0.2) is 16.8 Å². The average molecular weight is 223 g/mol. The Hall–Kier alpha value is -1.48. The SMILES string of the molecule is CCOc1c(Cl)cccc1-c1ccn[nH]1. The van der Waals surface area contributed by atoms with Crippen molar-refractivity contribution in [3.05, 3.63) is 35.5 Å². The Morgan fingerprint density at radius 2 is 2.27 bits per heavy atom. The van der Waals surface area contributed by atoms with Crippen LogP contribution in [-0.2, 0) is 0 Å². The summed E-state index contributed by atoms with van der Waals surface area (Å²) >= 11 is 6.07. The summed E-state index contributed by atoms with van der Waals surface area (Å²) in [6.07, 6.45) is 1.70. The molecule has 4 heteroatoms. The van der Waals surface area contributed by atoms with Crippen molar-refractivity contribution in [3.8, 4) is 17.0 Å². The maximum atomic E-state index is 6.07. The molecule has 1 aromatic heterocycles. The third-order valence-electron chi connectivity index (χ3n) is 2.05. The van der Waals surface area contributed by atoms with Crippen LogP contribution in [0.1, 0.15) is 6.92 Å². The van der Waals surface area contributed by atoms with Gasteiger partial charge in [0.25, 0.3) is 0 Å². The number of rotatable bonds is 3. The van der Waals surface area contributed by atoms with E-state index in [1.807, 2.05) is 31.2 Å². The van der Waals surface area contributed by atoms with Crippen LogP contribution in [0.25, 0.3) is 11.3 Å². The summed E-state index contributed by atoms with van der Waals surface area (Å²) < 4.78 is 5.51. The zero-order valence-corrected chi connectivity index (χ0v) is 9.08. The predicted octanol–water partition coefficient (Wildman–Crippen LogP) is 3.13. The fourth-order valence-corrected chi connectivity index (χ4v) is 1.65. The highest BCUT2D eigenvalue weighted by Crippen LogP contribution is 2.34. The number of hydrogen-bond acceptors (Lipinski definition) is 2. The van der Waals surface area contributed by atoms with Crippen molar-refractivity contribution in [2.75, 3.05) is 6.61 Å². The molecule has 0 aliphatic carbocycles. The number of nitrogens with zero attached hydrogens (tertiary/aromatic N) is 1. The Kier molecular flexibility index (Phi) is 2.92. The van der Waals surface area contributed by atoms with E-state index in [9.17, 15) is 0 Å². The van der Waals surface area contributed by atoms with Gasteiger partial charge in [0.15, 0.2) is 0 Å². The van der Waals surface area contributed by atoms with E-state index in [0.717, 1.165) is 11.3 Å². The van der Waals surface area contributed by atoms with Crippen LogP contribution in [0.2, 0.25) is 5.02 Å². The third kappa shape index (κ3) is 1.97. The molecule has 2 rings (SSSR count). The second-order valence-electron chi connectivity index (χ2n) is 3.02. The molecule has 0 saturated heterocycles. The molecular weight excluding hydrogens is 212 g/mol. The Morgan fingerprint density at radius 1 is 1.40 bits per heavy atom. The largest absolute Gasteiger partial charge is 0.492 e. The average Bonchev–Trinajstić information content (AvgIpc) is 2.74. The number of ether oxygens (including phenoxy) is 1. The molecule has 0 bridgehead atoms. The minimum absolute atomic E-state index is 0.588. The van der Waals surface area contributed by atoms with Crippen molar-refractivity contribution in [3.63, 3.8) is 0 Å². The molecule has 0 unspecified atom stereocenters. The van der Waals surface area contributed by atoms with Crippen LogP contribution in [0.5, 0.6) is 5.75 Å². The van der Waals surface area contributed by atoms with Crippen molar-refractivity contribution < 1.29 is 4.74 Å². The molecule has 15 heavy (non-hydrogen) atoms. The first-order valence-corrected chi connectivity index (χ1v) is 5.11. The molecule has 0 atom stereocenters. The first-order chi connectivity index (χ1) is 7.33. The molecule has 0 spiro atoms. The van der Waals surface area contributed by atoms with Gasteiger partial charge in [-0.3, -0.25) is 5.10 Å². The summed E-state index contributed by atoms with van der Waals surface area (Å²) in [5.74, 6) is 0.700. The number of benzene rings is 1. The number of hydrogen-bond donors (Lipinski definition) is 1. The molecule has 0 saturated carbocycles. The molecule has 3 nitrogen and oxygen atoms in total. The molecule has 2 aromatic rings. The molecule has 1 N–H and O–H groups in total. The standard InChI is InChI=1S/C11H11ClN2O/c1-2-15-11-8(4-3-5-9(11)12)10-6-7-13-14-10/h3-7H,2H2,1H3,(H,13,14). The summed E-state index contributed by atoms with van der Waals surface area (Å²) in [4.78, 5) is 0. The Morgan fingerprint density at radius 3 is 2.93 bits per heavy atom. The summed E-state index contributed by atoms with van der Waals surface area (Å²) in [6.45, 7) is 2.52. The third-order valence-corrected chi connectivity index (χ3v) is 2.34. The number of H-pyrrole nitrogens is 1. The summed E-state index contributed by atoms with van der Waals surface area (Å²) in [7, 11) is 0. The van der Waals surface area contributed by atoms with E-state index < -0.39 is 0 Å². The van der Waals surface area contributed by atoms with E-state index in [1.165, 1.54) is 0 Å². The molecular formula is C11H11ClN2O. The number of halogens is 1. The van der Waals surface area contributed by atoms with Gasteiger partial charge in [-0.2, -0.15) is 5.10 Å². The van der Waals surface area contributed by atoms with Crippen molar-refractivity contribution in [2.24, 2.45) is 0 Å². The quantitative estimate of drug-likeness (QED) is 0.867. The first kappa shape index (κ1) is 10.1. The number of aromatic amines is 1. The molecule has 0 aliphatic heterocycles. The van der Waals surface area contributed by atoms with Gasteiger partial charge in [0.2, 0.25) is 0 Å². The zero-order valence-electron chi connectivity index (χ0n) is 8.33. The molecule has 1 heterocycles. The Balaban J connectivity index is 2.51. The smallest absolute Gasteiger partial charge is 0.147 e. The topological polar surface area (TPSA) is 37.9 Å². The minimum Gasteiger partial charge on any atom is -0.492 e. The van der Waals surface area contributed by atoms with Gasteiger partial charge in [0.05, 0.1) is 17.3 Å². The lowest BCUT2D eigenvalue weighted by atomic mass is 10.1. The molecule has 0 amide bonds. The molecule has 0 fully saturated rings. The van der Waals surface area contributed by atoms with E-state index in [2.05, 4.69) is 10.2 Å². The maximum absolute atomic E-state index is 6.07. The lowest BCUT2D eigenvalue weighted by Crippen LogP contribution is -1.95. The highest BCUT2D eigenvalue weighted by atomic mass is 35.5. The van der Waals surface area contributed by atoms with Crippen LogP contribution in [0.4, 0.5) is 0 Å². The molecule has 0 aliphatic rings. The fourth-order valence-electron chi connectivity index (χ4n) is 1.42. The monoisotopic (exact) mass is 222 g/mol. The van der Waals surface area contributed by atoms with Crippen LogP contribution in [0, 0.1) is 0 Å². The number of para-hydroxylation sites is 1. The van der Waals surface area contributed by atoms with E-state index in [1.54, 1.807) is 6.20 Å². The number of nitrogens with one attached hydrogen (secondary N) is 1. The zero-order chi connectivity index (χ0) is 10.7. The Bertz CT molecular complexity index is 440. The van der Waals surface area contributed by atoms with E-state index in [-0.39, 0.29) is 0 Å².